The minimum Gasteiger partial charge on any atom is -0.331 e. The number of amides is 1. The molecule has 19 heavy (non-hydrogen) atoms. The quantitative estimate of drug-likeness (QED) is 0.804. The standard InChI is InChI=1S/C15H14ClNOS/c16-12-6-2-1-5-11(12)15(18)17-9-3-7-13(17)14-8-4-10-19-14/h1-2,4-6,8,10,13H,3,7,9H2. The molecule has 2 aromatic rings. The average molecular weight is 292 g/mol. The first-order valence-corrected chi connectivity index (χ1v) is 7.62. The van der Waals surface area contributed by atoms with Crippen LogP contribution in [-0.4, -0.2) is 17.4 Å². The Balaban J connectivity index is 1.89. The maximum absolute atomic E-state index is 12.6. The summed E-state index contributed by atoms with van der Waals surface area (Å²) in [6, 6.07) is 11.6. The first-order chi connectivity index (χ1) is 9.27. The predicted octanol–water partition coefficient (Wildman–Crippen LogP) is 4.38. The fraction of sp³-hybridized carbons (Fsp3) is 0.267. The zero-order valence-electron chi connectivity index (χ0n) is 10.4. The van der Waals surface area contributed by atoms with Crippen LogP contribution in [0.25, 0.3) is 0 Å². The molecule has 0 saturated carbocycles. The van der Waals surface area contributed by atoms with Crippen molar-refractivity contribution in [1.82, 2.24) is 4.90 Å². The van der Waals surface area contributed by atoms with E-state index >= 15 is 0 Å². The summed E-state index contributed by atoms with van der Waals surface area (Å²) in [4.78, 5) is 15.8. The van der Waals surface area contributed by atoms with Gasteiger partial charge in [0.25, 0.3) is 5.91 Å². The predicted molar refractivity (Wildman–Crippen MR) is 78.8 cm³/mol. The van der Waals surface area contributed by atoms with Crippen LogP contribution < -0.4 is 0 Å². The number of nitrogens with zero attached hydrogens (tertiary/aromatic N) is 1. The Morgan fingerprint density at radius 2 is 2.11 bits per heavy atom. The van der Waals surface area contributed by atoms with Crippen LogP contribution in [0.15, 0.2) is 41.8 Å². The van der Waals surface area contributed by atoms with Crippen molar-refractivity contribution in [3.8, 4) is 0 Å². The van der Waals surface area contributed by atoms with Gasteiger partial charge in [0, 0.05) is 11.4 Å². The first-order valence-electron chi connectivity index (χ1n) is 6.36. The molecule has 1 aliphatic rings. The third-order valence-corrected chi connectivity index (χ3v) is 4.79. The minimum atomic E-state index is 0.0431. The van der Waals surface area contributed by atoms with Gasteiger partial charge in [-0.3, -0.25) is 4.79 Å². The molecule has 0 spiro atoms. The molecule has 98 valence electrons. The van der Waals surface area contributed by atoms with Crippen LogP contribution in [0.5, 0.6) is 0 Å². The van der Waals surface area contributed by atoms with Gasteiger partial charge in [-0.1, -0.05) is 29.8 Å². The lowest BCUT2D eigenvalue weighted by Gasteiger charge is -2.24. The van der Waals surface area contributed by atoms with Gasteiger partial charge in [-0.2, -0.15) is 0 Å². The zero-order chi connectivity index (χ0) is 13.2. The molecular formula is C15H14ClNOS. The van der Waals surface area contributed by atoms with Crippen molar-refractivity contribution in [3.63, 3.8) is 0 Å². The molecule has 0 bridgehead atoms. The molecule has 1 amide bonds. The summed E-state index contributed by atoms with van der Waals surface area (Å²) in [6.07, 6.45) is 2.09. The van der Waals surface area contributed by atoms with E-state index in [1.807, 2.05) is 23.1 Å². The number of hydrogen-bond donors (Lipinski definition) is 0. The van der Waals surface area contributed by atoms with E-state index in [0.717, 1.165) is 19.4 Å². The lowest BCUT2D eigenvalue weighted by atomic mass is 10.1. The van der Waals surface area contributed by atoms with Crippen molar-refractivity contribution in [3.05, 3.63) is 57.2 Å². The monoisotopic (exact) mass is 291 g/mol. The van der Waals surface area contributed by atoms with E-state index in [9.17, 15) is 4.79 Å². The SMILES string of the molecule is O=C(c1ccccc1Cl)N1CCCC1c1cccs1. The zero-order valence-corrected chi connectivity index (χ0v) is 12.0. The van der Waals surface area contributed by atoms with Crippen molar-refractivity contribution >= 4 is 28.8 Å². The molecule has 1 aliphatic heterocycles. The molecule has 3 rings (SSSR count). The number of carbonyl (C=O) groups excluding carboxylic acids is 1. The van der Waals surface area contributed by atoms with Crippen LogP contribution in [-0.2, 0) is 0 Å². The largest absolute Gasteiger partial charge is 0.331 e. The highest BCUT2D eigenvalue weighted by Crippen LogP contribution is 2.36. The maximum Gasteiger partial charge on any atom is 0.255 e. The summed E-state index contributed by atoms with van der Waals surface area (Å²) in [5.41, 5.74) is 0.604. The molecule has 1 fully saturated rings. The second kappa shape index (κ2) is 5.35. The van der Waals surface area contributed by atoms with Gasteiger partial charge >= 0.3 is 0 Å². The first kappa shape index (κ1) is 12.7. The van der Waals surface area contributed by atoms with Crippen LogP contribution in [0, 0.1) is 0 Å². The van der Waals surface area contributed by atoms with Crippen LogP contribution in [0.1, 0.15) is 34.1 Å². The van der Waals surface area contributed by atoms with Gasteiger partial charge in [-0.05, 0) is 36.4 Å². The number of rotatable bonds is 2. The molecule has 2 heterocycles. The molecule has 1 aromatic heterocycles. The van der Waals surface area contributed by atoms with Gasteiger partial charge in [0.2, 0.25) is 0 Å². The van der Waals surface area contributed by atoms with Gasteiger partial charge in [-0.25, -0.2) is 0 Å². The van der Waals surface area contributed by atoms with Gasteiger partial charge < -0.3 is 4.90 Å². The number of benzene rings is 1. The molecule has 1 unspecified atom stereocenters. The van der Waals surface area contributed by atoms with E-state index in [0.29, 0.717) is 10.6 Å². The lowest BCUT2D eigenvalue weighted by Crippen LogP contribution is -2.30. The third-order valence-electron chi connectivity index (χ3n) is 3.49. The van der Waals surface area contributed by atoms with Gasteiger partial charge in [0.1, 0.15) is 0 Å². The minimum absolute atomic E-state index is 0.0431. The summed E-state index contributed by atoms with van der Waals surface area (Å²) in [7, 11) is 0. The highest BCUT2D eigenvalue weighted by atomic mass is 35.5. The van der Waals surface area contributed by atoms with Crippen LogP contribution >= 0.6 is 22.9 Å². The molecule has 1 saturated heterocycles. The van der Waals surface area contributed by atoms with Crippen LogP contribution in [0.4, 0.5) is 0 Å². The number of halogens is 1. The highest BCUT2D eigenvalue weighted by Gasteiger charge is 2.31. The average Bonchev–Trinajstić information content (AvgIpc) is 3.09. The number of thiophene rings is 1. The van der Waals surface area contributed by atoms with Crippen molar-refractivity contribution in [2.45, 2.75) is 18.9 Å². The maximum atomic E-state index is 12.6. The van der Waals surface area contributed by atoms with Gasteiger partial charge in [0.05, 0.1) is 16.6 Å². The topological polar surface area (TPSA) is 20.3 Å². The molecule has 1 atom stereocenters. The Labute approximate surface area is 121 Å². The second-order valence-corrected chi connectivity index (χ2v) is 6.04. The Morgan fingerprint density at radius 1 is 1.26 bits per heavy atom. The fourth-order valence-electron chi connectivity index (χ4n) is 2.58. The molecule has 0 N–H and O–H groups in total. The number of hydrogen-bond acceptors (Lipinski definition) is 2. The highest BCUT2D eigenvalue weighted by molar-refractivity contribution is 7.10. The van der Waals surface area contributed by atoms with E-state index in [-0.39, 0.29) is 11.9 Å². The Hall–Kier alpha value is -1.32. The normalized spacial score (nSPS) is 18.8. The van der Waals surface area contributed by atoms with Crippen LogP contribution in [0.3, 0.4) is 0 Å². The van der Waals surface area contributed by atoms with E-state index in [2.05, 4.69) is 11.4 Å². The summed E-state index contributed by atoms with van der Waals surface area (Å²) in [5, 5.41) is 2.59. The Bertz CT molecular complexity index is 582. The van der Waals surface area contributed by atoms with Crippen LogP contribution in [0.2, 0.25) is 5.02 Å². The van der Waals surface area contributed by atoms with Crippen molar-refractivity contribution in [1.29, 1.82) is 0 Å². The molecule has 4 heteroatoms. The smallest absolute Gasteiger partial charge is 0.255 e. The number of carbonyl (C=O) groups is 1. The van der Waals surface area contributed by atoms with Gasteiger partial charge in [0.15, 0.2) is 0 Å². The molecule has 1 aromatic carbocycles. The summed E-state index contributed by atoms with van der Waals surface area (Å²) in [5.74, 6) is 0.0431. The Morgan fingerprint density at radius 3 is 2.84 bits per heavy atom. The van der Waals surface area contributed by atoms with E-state index in [1.165, 1.54) is 4.88 Å². The van der Waals surface area contributed by atoms with Crippen molar-refractivity contribution in [2.75, 3.05) is 6.54 Å². The number of likely N-dealkylation sites (tertiary alicyclic amines) is 1. The summed E-state index contributed by atoms with van der Waals surface area (Å²) >= 11 is 7.84. The van der Waals surface area contributed by atoms with Crippen molar-refractivity contribution < 1.29 is 4.79 Å². The van der Waals surface area contributed by atoms with E-state index in [1.54, 1.807) is 23.5 Å². The summed E-state index contributed by atoms with van der Waals surface area (Å²) in [6.45, 7) is 0.812. The summed E-state index contributed by atoms with van der Waals surface area (Å²) < 4.78 is 0. The molecular weight excluding hydrogens is 278 g/mol. The van der Waals surface area contributed by atoms with E-state index < -0.39 is 0 Å². The molecule has 0 radical (unpaired) electrons. The fourth-order valence-corrected chi connectivity index (χ4v) is 3.67. The lowest BCUT2D eigenvalue weighted by molar-refractivity contribution is 0.0738. The second-order valence-electron chi connectivity index (χ2n) is 4.65. The molecule has 0 aliphatic carbocycles. The Kier molecular flexibility index (Phi) is 3.58. The van der Waals surface area contributed by atoms with Crippen molar-refractivity contribution in [2.24, 2.45) is 0 Å². The van der Waals surface area contributed by atoms with Gasteiger partial charge in [-0.15, -0.1) is 11.3 Å². The molecule has 2 nitrogen and oxygen atoms in total. The van der Waals surface area contributed by atoms with E-state index in [4.69, 9.17) is 11.6 Å². The third kappa shape index (κ3) is 2.40.